The first-order valence-corrected chi connectivity index (χ1v) is 9.52. The Balaban J connectivity index is 1.67. The highest BCUT2D eigenvalue weighted by Crippen LogP contribution is 2.17. The van der Waals surface area contributed by atoms with Gasteiger partial charge in [-0.05, 0) is 30.7 Å². The minimum absolute atomic E-state index is 0.305. The van der Waals surface area contributed by atoms with Gasteiger partial charge in [-0.25, -0.2) is 4.98 Å². The minimum atomic E-state index is -0.713. The molecule has 1 amide bonds. The summed E-state index contributed by atoms with van der Waals surface area (Å²) in [6.45, 7) is 2.56. The van der Waals surface area contributed by atoms with Crippen molar-refractivity contribution in [1.82, 2.24) is 29.6 Å². The average Bonchev–Trinajstić information content (AvgIpc) is 3.27. The number of hydrogen-bond donors (Lipinski definition) is 2. The highest BCUT2D eigenvalue weighted by Gasteiger charge is 2.18. The monoisotopic (exact) mass is 404 g/mol. The Morgan fingerprint density at radius 3 is 2.67 bits per heavy atom. The van der Waals surface area contributed by atoms with E-state index in [0.29, 0.717) is 29.7 Å². The van der Waals surface area contributed by atoms with E-state index in [0.717, 1.165) is 5.56 Å². The third-order valence-electron chi connectivity index (χ3n) is 4.90. The molecule has 0 spiro atoms. The normalized spacial score (nSPS) is 12.0. The van der Waals surface area contributed by atoms with Crippen molar-refractivity contribution in [2.75, 3.05) is 0 Å². The quantitative estimate of drug-likeness (QED) is 0.472. The standard InChI is InChI=1S/C21H20N6O3/c1-2-27-18-9-8-15(10-16(18)24-20(29)21(27)30)19(28)25-17(11-26-13-22-12-23-26)14-6-4-3-5-7-14/h3-10,12-13,17H,2,11H2,1H3,(H,24,29)(H,25,28). The van der Waals surface area contributed by atoms with E-state index >= 15 is 0 Å². The fourth-order valence-corrected chi connectivity index (χ4v) is 3.41. The SMILES string of the molecule is CCn1c(=O)c(=O)[nH]c2cc(C(=O)NC(Cn3cncn3)c3ccccc3)ccc21. The van der Waals surface area contributed by atoms with Crippen LogP contribution in [0.4, 0.5) is 0 Å². The lowest BCUT2D eigenvalue weighted by atomic mass is 10.1. The van der Waals surface area contributed by atoms with Crippen LogP contribution in [0.2, 0.25) is 0 Å². The molecule has 0 saturated heterocycles. The number of nitrogens with one attached hydrogen (secondary N) is 2. The molecule has 4 rings (SSSR count). The van der Waals surface area contributed by atoms with Gasteiger partial charge in [0.1, 0.15) is 12.7 Å². The molecule has 2 N–H and O–H groups in total. The molecule has 0 aliphatic carbocycles. The van der Waals surface area contributed by atoms with Crippen molar-refractivity contribution in [1.29, 1.82) is 0 Å². The Kier molecular flexibility index (Phi) is 5.25. The molecule has 1 unspecified atom stereocenters. The van der Waals surface area contributed by atoms with Crippen LogP contribution >= 0.6 is 0 Å². The van der Waals surface area contributed by atoms with Gasteiger partial charge in [-0.1, -0.05) is 30.3 Å². The fraction of sp³-hybridized carbons (Fsp3) is 0.190. The van der Waals surface area contributed by atoms with Crippen molar-refractivity contribution in [3.8, 4) is 0 Å². The second-order valence-electron chi connectivity index (χ2n) is 6.79. The van der Waals surface area contributed by atoms with Gasteiger partial charge < -0.3 is 14.9 Å². The van der Waals surface area contributed by atoms with Gasteiger partial charge in [-0.2, -0.15) is 5.10 Å². The van der Waals surface area contributed by atoms with Gasteiger partial charge in [-0.3, -0.25) is 19.1 Å². The number of aryl methyl sites for hydroxylation is 1. The maximum atomic E-state index is 13.0. The molecule has 0 aliphatic heterocycles. The number of benzene rings is 2. The number of rotatable bonds is 6. The lowest BCUT2D eigenvalue weighted by Gasteiger charge is -2.19. The number of amides is 1. The maximum Gasteiger partial charge on any atom is 0.316 e. The second kappa shape index (κ2) is 8.16. The van der Waals surface area contributed by atoms with Crippen LogP contribution in [0.5, 0.6) is 0 Å². The number of aromatic nitrogens is 5. The van der Waals surface area contributed by atoms with Crippen molar-refractivity contribution in [2.24, 2.45) is 0 Å². The van der Waals surface area contributed by atoms with E-state index < -0.39 is 11.1 Å². The van der Waals surface area contributed by atoms with E-state index in [-0.39, 0.29) is 11.9 Å². The molecule has 0 saturated carbocycles. The van der Waals surface area contributed by atoms with Crippen LogP contribution in [-0.4, -0.2) is 30.2 Å². The van der Waals surface area contributed by atoms with E-state index in [2.05, 4.69) is 20.4 Å². The molecule has 0 radical (unpaired) electrons. The maximum absolute atomic E-state index is 13.0. The molecular formula is C21H20N6O3. The van der Waals surface area contributed by atoms with E-state index in [1.165, 1.54) is 10.9 Å². The van der Waals surface area contributed by atoms with Gasteiger partial charge >= 0.3 is 11.1 Å². The Bertz CT molecular complexity index is 1290. The number of carbonyl (C=O) groups excluding carboxylic acids is 1. The van der Waals surface area contributed by atoms with Gasteiger partial charge in [0.05, 0.1) is 23.6 Å². The van der Waals surface area contributed by atoms with Gasteiger partial charge in [0, 0.05) is 12.1 Å². The van der Waals surface area contributed by atoms with Crippen LogP contribution in [0.25, 0.3) is 11.0 Å². The summed E-state index contributed by atoms with van der Waals surface area (Å²) >= 11 is 0. The smallest absolute Gasteiger partial charge is 0.316 e. The molecule has 4 aromatic rings. The van der Waals surface area contributed by atoms with Crippen LogP contribution in [0.1, 0.15) is 28.9 Å². The van der Waals surface area contributed by atoms with E-state index in [1.54, 1.807) is 36.1 Å². The van der Waals surface area contributed by atoms with Gasteiger partial charge in [0.2, 0.25) is 0 Å². The van der Waals surface area contributed by atoms with Crippen molar-refractivity contribution >= 4 is 16.9 Å². The van der Waals surface area contributed by atoms with Crippen molar-refractivity contribution in [2.45, 2.75) is 26.1 Å². The number of carbonyl (C=O) groups is 1. The summed E-state index contributed by atoms with van der Waals surface area (Å²) in [5.74, 6) is -0.305. The molecule has 2 aromatic heterocycles. The van der Waals surface area contributed by atoms with Crippen molar-refractivity contribution < 1.29 is 4.79 Å². The lowest BCUT2D eigenvalue weighted by Crippen LogP contribution is -2.36. The van der Waals surface area contributed by atoms with Gasteiger partial charge in [0.15, 0.2) is 0 Å². The third kappa shape index (κ3) is 3.77. The number of nitrogens with zero attached hydrogens (tertiary/aromatic N) is 4. The molecule has 9 nitrogen and oxygen atoms in total. The molecule has 30 heavy (non-hydrogen) atoms. The van der Waals surface area contributed by atoms with E-state index in [9.17, 15) is 14.4 Å². The van der Waals surface area contributed by atoms with Crippen molar-refractivity contribution in [3.63, 3.8) is 0 Å². The number of hydrogen-bond acceptors (Lipinski definition) is 5. The summed E-state index contributed by atoms with van der Waals surface area (Å²) in [7, 11) is 0. The number of aromatic amines is 1. The predicted octanol–water partition coefficient (Wildman–Crippen LogP) is 1.47. The Labute approximate surface area is 171 Å². The zero-order valence-electron chi connectivity index (χ0n) is 16.3. The summed E-state index contributed by atoms with van der Waals surface area (Å²) in [5, 5.41) is 7.14. The summed E-state index contributed by atoms with van der Waals surface area (Å²) in [6.07, 6.45) is 3.03. The first-order valence-electron chi connectivity index (χ1n) is 9.52. The first kappa shape index (κ1) is 19.3. The topological polar surface area (TPSA) is 115 Å². The van der Waals surface area contributed by atoms with Gasteiger partial charge in [-0.15, -0.1) is 0 Å². The van der Waals surface area contributed by atoms with Crippen LogP contribution in [0.15, 0.2) is 70.8 Å². The zero-order chi connectivity index (χ0) is 21.1. The molecule has 2 heterocycles. The molecular weight excluding hydrogens is 384 g/mol. The molecule has 9 heteroatoms. The molecule has 1 atom stereocenters. The highest BCUT2D eigenvalue weighted by molar-refractivity contribution is 5.97. The Morgan fingerprint density at radius 2 is 1.97 bits per heavy atom. The summed E-state index contributed by atoms with van der Waals surface area (Å²) in [6, 6.07) is 14.1. The van der Waals surface area contributed by atoms with Crippen LogP contribution < -0.4 is 16.4 Å². The number of H-pyrrole nitrogens is 1. The first-order chi connectivity index (χ1) is 14.6. The molecule has 0 bridgehead atoms. The summed E-state index contributed by atoms with van der Waals surface area (Å²) in [5.41, 5.74) is 0.978. The van der Waals surface area contributed by atoms with Crippen molar-refractivity contribution in [3.05, 3.63) is 93.0 Å². The Morgan fingerprint density at radius 1 is 1.17 bits per heavy atom. The molecule has 0 fully saturated rings. The number of fused-ring (bicyclic) bond motifs is 1. The molecule has 2 aromatic carbocycles. The highest BCUT2D eigenvalue weighted by atomic mass is 16.2. The molecule has 152 valence electrons. The Hall–Kier alpha value is -4.01. The minimum Gasteiger partial charge on any atom is -0.343 e. The summed E-state index contributed by atoms with van der Waals surface area (Å²) in [4.78, 5) is 43.4. The van der Waals surface area contributed by atoms with Gasteiger partial charge in [0.25, 0.3) is 5.91 Å². The third-order valence-corrected chi connectivity index (χ3v) is 4.90. The van der Waals surface area contributed by atoms with E-state index in [1.807, 2.05) is 30.3 Å². The zero-order valence-corrected chi connectivity index (χ0v) is 16.3. The fourth-order valence-electron chi connectivity index (χ4n) is 3.41. The lowest BCUT2D eigenvalue weighted by molar-refractivity contribution is 0.0932. The predicted molar refractivity (Wildman–Crippen MR) is 111 cm³/mol. The van der Waals surface area contributed by atoms with Crippen LogP contribution in [0.3, 0.4) is 0 Å². The van der Waals surface area contributed by atoms with E-state index in [4.69, 9.17) is 0 Å². The van der Waals surface area contributed by atoms with Crippen LogP contribution in [0, 0.1) is 0 Å². The second-order valence-corrected chi connectivity index (χ2v) is 6.79. The van der Waals surface area contributed by atoms with Crippen LogP contribution in [-0.2, 0) is 13.1 Å². The largest absolute Gasteiger partial charge is 0.343 e. The average molecular weight is 404 g/mol. The molecule has 0 aliphatic rings. The summed E-state index contributed by atoms with van der Waals surface area (Å²) < 4.78 is 3.03.